The van der Waals surface area contributed by atoms with Crippen LogP contribution in [-0.2, 0) is 21.4 Å². The molecule has 0 aliphatic carbocycles. The lowest BCUT2D eigenvalue weighted by atomic mass is 9.71. The quantitative estimate of drug-likeness (QED) is 0.387. The van der Waals surface area contributed by atoms with E-state index in [4.69, 9.17) is 4.74 Å². The lowest BCUT2D eigenvalue weighted by Gasteiger charge is -2.37. The number of carbonyl (C=O) groups is 2. The monoisotopic (exact) mass is 498 g/mol. The molecule has 0 fully saturated rings. The molecule has 6 heteroatoms. The molecule has 0 radical (unpaired) electrons. The predicted molar refractivity (Wildman–Crippen MR) is 146 cm³/mol. The van der Waals surface area contributed by atoms with E-state index in [0.717, 1.165) is 21.8 Å². The summed E-state index contributed by atoms with van der Waals surface area (Å²) in [5, 5.41) is 5.86. The fourth-order valence-corrected chi connectivity index (χ4v) is 5.66. The van der Waals surface area contributed by atoms with E-state index in [1.165, 1.54) is 0 Å². The van der Waals surface area contributed by atoms with Crippen molar-refractivity contribution < 1.29 is 14.3 Å². The molecule has 0 aromatic heterocycles. The maximum absolute atomic E-state index is 14.2. The van der Waals surface area contributed by atoms with E-state index >= 15 is 0 Å². The van der Waals surface area contributed by atoms with Gasteiger partial charge in [0, 0.05) is 23.1 Å². The number of amides is 2. The Balaban J connectivity index is 2.48. The third-order valence-electron chi connectivity index (χ3n) is 6.08. The van der Waals surface area contributed by atoms with E-state index in [9.17, 15) is 9.59 Å². The van der Waals surface area contributed by atoms with Crippen molar-refractivity contribution in [2.45, 2.75) is 81.9 Å². The van der Waals surface area contributed by atoms with Crippen molar-refractivity contribution in [3.63, 3.8) is 0 Å². The minimum Gasteiger partial charge on any atom is -0.497 e. The molecule has 5 nitrogen and oxygen atoms in total. The number of benzene rings is 2. The standard InChI is InChI=1S/C29H42N2O3S/c1-9-29(19-20(2)3,23-12-10-11-13-25(23)35-28(4,5)6)27(33)31-24(26(32)30-7)18-21-14-16-22(34-8)17-15-21/h10-17,20,24H,9,18-19H2,1-8H3,(H,30,32)(H,31,33)/t24-,29?/m0/s1. The van der Waals surface area contributed by atoms with Crippen molar-refractivity contribution >= 4 is 23.6 Å². The average Bonchev–Trinajstić information content (AvgIpc) is 2.81. The number of methoxy groups -OCH3 is 1. The summed E-state index contributed by atoms with van der Waals surface area (Å²) in [5.41, 5.74) is 1.25. The Kier molecular flexibility index (Phi) is 10.3. The maximum atomic E-state index is 14.2. The SMILES string of the molecule is CCC(CC(C)C)(C(=O)N[C@@H](Cc1ccc(OC)cc1)C(=O)NC)c1ccccc1SC(C)(C)C. The van der Waals surface area contributed by atoms with Gasteiger partial charge in [-0.15, -0.1) is 11.8 Å². The zero-order valence-electron chi connectivity index (χ0n) is 22.5. The Morgan fingerprint density at radius 3 is 2.17 bits per heavy atom. The van der Waals surface area contributed by atoms with E-state index < -0.39 is 11.5 Å². The summed E-state index contributed by atoms with van der Waals surface area (Å²) >= 11 is 1.78. The molecule has 35 heavy (non-hydrogen) atoms. The van der Waals surface area contributed by atoms with Crippen molar-refractivity contribution in [3.05, 3.63) is 59.7 Å². The molecule has 0 aliphatic heterocycles. The number of hydrogen-bond acceptors (Lipinski definition) is 4. The van der Waals surface area contributed by atoms with Crippen LogP contribution >= 0.6 is 11.8 Å². The largest absolute Gasteiger partial charge is 0.497 e. The van der Waals surface area contributed by atoms with Gasteiger partial charge in [0.05, 0.1) is 12.5 Å². The van der Waals surface area contributed by atoms with Gasteiger partial charge < -0.3 is 15.4 Å². The number of likely N-dealkylation sites (N-methyl/N-ethyl adjacent to an activating group) is 1. The third kappa shape index (κ3) is 7.76. The number of hydrogen-bond donors (Lipinski definition) is 2. The van der Waals surface area contributed by atoms with Gasteiger partial charge in [0.25, 0.3) is 0 Å². The van der Waals surface area contributed by atoms with Crippen molar-refractivity contribution in [2.75, 3.05) is 14.2 Å². The summed E-state index contributed by atoms with van der Waals surface area (Å²) in [6.45, 7) is 12.9. The molecule has 192 valence electrons. The van der Waals surface area contributed by atoms with Gasteiger partial charge in [-0.05, 0) is 48.1 Å². The molecule has 2 amide bonds. The van der Waals surface area contributed by atoms with Crippen LogP contribution in [0.2, 0.25) is 0 Å². The number of ether oxygens (including phenoxy) is 1. The van der Waals surface area contributed by atoms with Gasteiger partial charge in [-0.1, -0.05) is 71.9 Å². The molecule has 0 saturated heterocycles. The zero-order chi connectivity index (χ0) is 26.2. The zero-order valence-corrected chi connectivity index (χ0v) is 23.3. The van der Waals surface area contributed by atoms with E-state index in [0.29, 0.717) is 25.2 Å². The molecule has 1 unspecified atom stereocenters. The highest BCUT2D eigenvalue weighted by Gasteiger charge is 2.42. The lowest BCUT2D eigenvalue weighted by Crippen LogP contribution is -2.54. The van der Waals surface area contributed by atoms with Gasteiger partial charge in [0.2, 0.25) is 11.8 Å². The second kappa shape index (κ2) is 12.5. The highest BCUT2D eigenvalue weighted by atomic mass is 32.2. The second-order valence-electron chi connectivity index (χ2n) is 10.4. The molecule has 2 rings (SSSR count). The van der Waals surface area contributed by atoms with Crippen LogP contribution in [0, 0.1) is 5.92 Å². The van der Waals surface area contributed by atoms with Crippen LogP contribution in [0.4, 0.5) is 0 Å². The molecular weight excluding hydrogens is 456 g/mol. The van der Waals surface area contributed by atoms with E-state index in [1.54, 1.807) is 25.9 Å². The van der Waals surface area contributed by atoms with Gasteiger partial charge in [-0.25, -0.2) is 0 Å². The number of rotatable bonds is 11. The van der Waals surface area contributed by atoms with Crippen molar-refractivity contribution in [1.29, 1.82) is 0 Å². The van der Waals surface area contributed by atoms with Gasteiger partial charge in [-0.3, -0.25) is 9.59 Å². The summed E-state index contributed by atoms with van der Waals surface area (Å²) in [5.74, 6) is 0.747. The van der Waals surface area contributed by atoms with E-state index in [1.807, 2.05) is 36.4 Å². The van der Waals surface area contributed by atoms with E-state index in [2.05, 4.69) is 64.3 Å². The second-order valence-corrected chi connectivity index (χ2v) is 12.3. The summed E-state index contributed by atoms with van der Waals surface area (Å²) < 4.78 is 5.25. The molecule has 2 aromatic carbocycles. The molecule has 2 atom stereocenters. The third-order valence-corrected chi connectivity index (χ3v) is 7.27. The maximum Gasteiger partial charge on any atom is 0.242 e. The van der Waals surface area contributed by atoms with Gasteiger partial charge >= 0.3 is 0 Å². The summed E-state index contributed by atoms with van der Waals surface area (Å²) in [4.78, 5) is 28.1. The first-order valence-electron chi connectivity index (χ1n) is 12.4. The number of thioether (sulfide) groups is 1. The van der Waals surface area contributed by atoms with Crippen LogP contribution in [0.5, 0.6) is 5.75 Å². The minimum atomic E-state index is -0.741. The Labute approximate surface area is 215 Å². The minimum absolute atomic E-state index is 0.00287. The number of carbonyl (C=O) groups excluding carboxylic acids is 2. The molecule has 0 heterocycles. The highest BCUT2D eigenvalue weighted by molar-refractivity contribution is 8.00. The molecular formula is C29H42N2O3S. The Morgan fingerprint density at radius 1 is 1.03 bits per heavy atom. The number of nitrogens with one attached hydrogen (secondary N) is 2. The van der Waals surface area contributed by atoms with E-state index in [-0.39, 0.29) is 16.6 Å². The normalized spacial score (nSPS) is 14.2. The van der Waals surface area contributed by atoms with Crippen molar-refractivity contribution in [3.8, 4) is 5.75 Å². The van der Waals surface area contributed by atoms with Crippen LogP contribution < -0.4 is 15.4 Å². The fraction of sp³-hybridized carbons (Fsp3) is 0.517. The lowest BCUT2D eigenvalue weighted by molar-refractivity contribution is -0.132. The van der Waals surface area contributed by atoms with Crippen molar-refractivity contribution in [1.82, 2.24) is 10.6 Å². The Hall–Kier alpha value is -2.47. The molecule has 0 bridgehead atoms. The highest BCUT2D eigenvalue weighted by Crippen LogP contribution is 2.43. The predicted octanol–water partition coefficient (Wildman–Crippen LogP) is 5.75. The molecule has 2 N–H and O–H groups in total. The van der Waals surface area contributed by atoms with Gasteiger partial charge in [-0.2, -0.15) is 0 Å². The molecule has 0 saturated carbocycles. The van der Waals surface area contributed by atoms with Crippen LogP contribution in [0.1, 0.15) is 65.5 Å². The first-order valence-corrected chi connectivity index (χ1v) is 13.2. The van der Waals surface area contributed by atoms with Crippen LogP contribution in [0.25, 0.3) is 0 Å². The van der Waals surface area contributed by atoms with Crippen molar-refractivity contribution in [2.24, 2.45) is 5.92 Å². The first-order chi connectivity index (χ1) is 16.5. The first kappa shape index (κ1) is 28.8. The average molecular weight is 499 g/mol. The Bertz CT molecular complexity index is 982. The fourth-order valence-electron chi connectivity index (χ4n) is 4.48. The van der Waals surface area contributed by atoms with Gasteiger partial charge in [0.15, 0.2) is 0 Å². The van der Waals surface area contributed by atoms with Crippen LogP contribution in [0.3, 0.4) is 0 Å². The van der Waals surface area contributed by atoms with Gasteiger partial charge in [0.1, 0.15) is 11.8 Å². The smallest absolute Gasteiger partial charge is 0.242 e. The summed E-state index contributed by atoms with van der Waals surface area (Å²) in [6.07, 6.45) is 1.73. The summed E-state index contributed by atoms with van der Waals surface area (Å²) in [6, 6.07) is 15.1. The van der Waals surface area contributed by atoms with Crippen LogP contribution in [0.15, 0.2) is 53.4 Å². The topological polar surface area (TPSA) is 67.4 Å². The summed E-state index contributed by atoms with van der Waals surface area (Å²) in [7, 11) is 3.23. The van der Waals surface area contributed by atoms with Crippen LogP contribution in [-0.4, -0.2) is 36.8 Å². The molecule has 2 aromatic rings. The molecule has 0 aliphatic rings. The Morgan fingerprint density at radius 2 is 1.66 bits per heavy atom. The molecule has 0 spiro atoms.